The number of fused-ring (bicyclic) bond motifs is 2. The van der Waals surface area contributed by atoms with Crippen molar-refractivity contribution in [3.63, 3.8) is 0 Å². The largest absolute Gasteiger partial charge is 0.457 e. The van der Waals surface area contributed by atoms with Crippen LogP contribution in [-0.2, 0) is 6.42 Å². The summed E-state index contributed by atoms with van der Waals surface area (Å²) in [6.45, 7) is 0. The number of para-hydroxylation sites is 1. The van der Waals surface area contributed by atoms with Crippen molar-refractivity contribution in [1.82, 2.24) is 0 Å². The van der Waals surface area contributed by atoms with Crippen molar-refractivity contribution in [3.8, 4) is 5.95 Å². The first-order valence-electron chi connectivity index (χ1n) is 7.09. The SMILES string of the molecule is O=c1c2c(oc3ccccc13)OC(c1ccccc1)CC2. The van der Waals surface area contributed by atoms with E-state index in [1.165, 1.54) is 0 Å². The Labute approximate surface area is 121 Å². The maximum absolute atomic E-state index is 12.5. The van der Waals surface area contributed by atoms with E-state index in [2.05, 4.69) is 0 Å². The monoisotopic (exact) mass is 278 g/mol. The van der Waals surface area contributed by atoms with Crippen LogP contribution in [0.25, 0.3) is 11.0 Å². The smallest absolute Gasteiger partial charge is 0.292 e. The van der Waals surface area contributed by atoms with E-state index in [4.69, 9.17) is 9.15 Å². The molecule has 0 amide bonds. The molecule has 3 aromatic rings. The van der Waals surface area contributed by atoms with Gasteiger partial charge in [-0.1, -0.05) is 42.5 Å². The molecule has 0 saturated carbocycles. The summed E-state index contributed by atoms with van der Waals surface area (Å²) < 4.78 is 11.7. The zero-order valence-electron chi connectivity index (χ0n) is 11.4. The molecule has 3 heteroatoms. The van der Waals surface area contributed by atoms with Crippen LogP contribution in [0.15, 0.2) is 63.8 Å². The van der Waals surface area contributed by atoms with Gasteiger partial charge in [-0.15, -0.1) is 0 Å². The molecule has 0 spiro atoms. The molecule has 1 aliphatic rings. The van der Waals surface area contributed by atoms with E-state index in [0.717, 1.165) is 12.0 Å². The molecular weight excluding hydrogens is 264 g/mol. The van der Waals surface area contributed by atoms with Gasteiger partial charge in [-0.2, -0.15) is 0 Å². The van der Waals surface area contributed by atoms with Gasteiger partial charge in [-0.25, -0.2) is 0 Å². The summed E-state index contributed by atoms with van der Waals surface area (Å²) >= 11 is 0. The molecule has 1 aliphatic heterocycles. The van der Waals surface area contributed by atoms with E-state index >= 15 is 0 Å². The molecule has 0 fully saturated rings. The second kappa shape index (κ2) is 4.77. The summed E-state index contributed by atoms with van der Waals surface area (Å²) in [5, 5.41) is 0.623. The van der Waals surface area contributed by atoms with Crippen LogP contribution in [-0.4, -0.2) is 0 Å². The lowest BCUT2D eigenvalue weighted by Crippen LogP contribution is -2.21. The highest BCUT2D eigenvalue weighted by Gasteiger charge is 2.26. The summed E-state index contributed by atoms with van der Waals surface area (Å²) in [5.41, 5.74) is 2.37. The van der Waals surface area contributed by atoms with E-state index in [-0.39, 0.29) is 11.5 Å². The molecule has 21 heavy (non-hydrogen) atoms. The van der Waals surface area contributed by atoms with Crippen molar-refractivity contribution in [3.05, 3.63) is 75.9 Å². The first kappa shape index (κ1) is 12.2. The molecule has 0 radical (unpaired) electrons. The van der Waals surface area contributed by atoms with Crippen LogP contribution in [0.5, 0.6) is 5.95 Å². The van der Waals surface area contributed by atoms with Gasteiger partial charge in [0.15, 0.2) is 5.43 Å². The number of benzene rings is 2. The second-order valence-electron chi connectivity index (χ2n) is 5.25. The maximum Gasteiger partial charge on any atom is 0.292 e. The van der Waals surface area contributed by atoms with E-state index in [1.54, 1.807) is 12.1 Å². The summed E-state index contributed by atoms with van der Waals surface area (Å²) in [7, 11) is 0. The average Bonchev–Trinajstić information content (AvgIpc) is 2.55. The highest BCUT2D eigenvalue weighted by atomic mass is 16.6. The van der Waals surface area contributed by atoms with Gasteiger partial charge in [-0.05, 0) is 30.5 Å². The number of rotatable bonds is 1. The molecule has 104 valence electrons. The topological polar surface area (TPSA) is 39.4 Å². The van der Waals surface area contributed by atoms with Crippen LogP contribution < -0.4 is 10.2 Å². The molecule has 1 aromatic heterocycles. The van der Waals surface area contributed by atoms with Gasteiger partial charge in [0.25, 0.3) is 5.95 Å². The van der Waals surface area contributed by atoms with E-state index in [9.17, 15) is 4.79 Å². The van der Waals surface area contributed by atoms with Gasteiger partial charge in [0.1, 0.15) is 11.7 Å². The predicted octanol–water partition coefficient (Wildman–Crippen LogP) is 3.86. The van der Waals surface area contributed by atoms with Crippen molar-refractivity contribution >= 4 is 11.0 Å². The van der Waals surface area contributed by atoms with Crippen molar-refractivity contribution in [2.75, 3.05) is 0 Å². The Hall–Kier alpha value is -2.55. The maximum atomic E-state index is 12.5. The Balaban J connectivity index is 1.81. The molecule has 1 unspecified atom stereocenters. The molecule has 2 heterocycles. The lowest BCUT2D eigenvalue weighted by atomic mass is 9.98. The lowest BCUT2D eigenvalue weighted by molar-refractivity contribution is 0.131. The van der Waals surface area contributed by atoms with Crippen molar-refractivity contribution in [2.24, 2.45) is 0 Å². The number of hydrogen-bond donors (Lipinski definition) is 0. The Bertz CT molecular complexity index is 849. The zero-order valence-corrected chi connectivity index (χ0v) is 11.4. The summed E-state index contributed by atoms with van der Waals surface area (Å²) in [5.74, 6) is 0.374. The fraction of sp³-hybridized carbons (Fsp3) is 0.167. The molecule has 0 saturated heterocycles. The minimum Gasteiger partial charge on any atom is -0.457 e. The van der Waals surface area contributed by atoms with Crippen LogP contribution in [0.4, 0.5) is 0 Å². The molecule has 2 aromatic carbocycles. The first-order valence-corrected chi connectivity index (χ1v) is 7.09. The fourth-order valence-electron chi connectivity index (χ4n) is 2.84. The summed E-state index contributed by atoms with van der Waals surface area (Å²) in [6, 6.07) is 17.3. The van der Waals surface area contributed by atoms with Gasteiger partial charge < -0.3 is 9.15 Å². The van der Waals surface area contributed by atoms with Crippen LogP contribution >= 0.6 is 0 Å². The van der Waals surface area contributed by atoms with Gasteiger partial charge >= 0.3 is 0 Å². The zero-order chi connectivity index (χ0) is 14.2. The first-order chi connectivity index (χ1) is 10.3. The highest BCUT2D eigenvalue weighted by Crippen LogP contribution is 2.34. The Morgan fingerprint density at radius 3 is 2.57 bits per heavy atom. The quantitative estimate of drug-likeness (QED) is 0.678. The van der Waals surface area contributed by atoms with E-state index < -0.39 is 0 Å². The second-order valence-corrected chi connectivity index (χ2v) is 5.25. The molecule has 4 rings (SSSR count). The van der Waals surface area contributed by atoms with Crippen molar-refractivity contribution in [1.29, 1.82) is 0 Å². The van der Waals surface area contributed by atoms with Crippen molar-refractivity contribution < 1.29 is 9.15 Å². The van der Waals surface area contributed by atoms with Gasteiger partial charge in [0, 0.05) is 0 Å². The normalized spacial score (nSPS) is 17.2. The molecule has 0 bridgehead atoms. The highest BCUT2D eigenvalue weighted by molar-refractivity contribution is 5.77. The Kier molecular flexibility index (Phi) is 2.78. The van der Waals surface area contributed by atoms with Crippen LogP contribution in [0.1, 0.15) is 23.7 Å². The molecular formula is C18H14O3. The Morgan fingerprint density at radius 2 is 1.71 bits per heavy atom. The Morgan fingerprint density at radius 1 is 0.952 bits per heavy atom. The van der Waals surface area contributed by atoms with Crippen LogP contribution in [0.3, 0.4) is 0 Å². The third-order valence-electron chi connectivity index (χ3n) is 3.93. The average molecular weight is 278 g/mol. The standard InChI is InChI=1S/C18H14O3/c19-17-13-8-4-5-9-16(13)21-18-14(17)10-11-15(20-18)12-6-2-1-3-7-12/h1-9,15H,10-11H2. The minimum absolute atomic E-state index is 0.0263. The summed E-state index contributed by atoms with van der Waals surface area (Å²) in [6.07, 6.45) is 1.42. The summed E-state index contributed by atoms with van der Waals surface area (Å²) in [4.78, 5) is 12.5. The van der Waals surface area contributed by atoms with Crippen molar-refractivity contribution in [2.45, 2.75) is 18.9 Å². The molecule has 0 aliphatic carbocycles. The molecule has 3 nitrogen and oxygen atoms in total. The van der Waals surface area contributed by atoms with Gasteiger partial charge in [-0.3, -0.25) is 4.79 Å². The van der Waals surface area contributed by atoms with Gasteiger partial charge in [0.2, 0.25) is 0 Å². The number of hydrogen-bond acceptors (Lipinski definition) is 3. The van der Waals surface area contributed by atoms with Crippen LogP contribution in [0.2, 0.25) is 0 Å². The molecule has 0 N–H and O–H groups in total. The van der Waals surface area contributed by atoms with E-state index in [1.807, 2.05) is 42.5 Å². The molecule has 1 atom stereocenters. The number of ether oxygens (including phenoxy) is 1. The lowest BCUT2D eigenvalue weighted by Gasteiger charge is -2.24. The fourth-order valence-corrected chi connectivity index (χ4v) is 2.84. The van der Waals surface area contributed by atoms with Crippen LogP contribution in [0, 0.1) is 0 Å². The predicted molar refractivity (Wildman–Crippen MR) is 80.6 cm³/mol. The van der Waals surface area contributed by atoms with Gasteiger partial charge in [0.05, 0.1) is 10.9 Å². The third kappa shape index (κ3) is 2.02. The minimum atomic E-state index is -0.0528. The third-order valence-corrected chi connectivity index (χ3v) is 3.93. The van der Waals surface area contributed by atoms with E-state index in [0.29, 0.717) is 28.9 Å².